The molecule has 0 saturated carbocycles. The SMILES string of the molecule is CC[C@@](C)(O)C(=O)c1ccc(S(C)(=O)=O)cc1. The molecule has 0 saturated heterocycles. The largest absolute Gasteiger partial charge is 0.382 e. The van der Waals surface area contributed by atoms with Crippen LogP contribution < -0.4 is 0 Å². The van der Waals surface area contributed by atoms with Crippen molar-refractivity contribution in [2.45, 2.75) is 30.8 Å². The van der Waals surface area contributed by atoms with E-state index in [2.05, 4.69) is 0 Å². The van der Waals surface area contributed by atoms with Gasteiger partial charge in [-0.3, -0.25) is 4.79 Å². The van der Waals surface area contributed by atoms with Crippen LogP contribution in [0.5, 0.6) is 0 Å². The Balaban J connectivity index is 3.09. The third-order valence-corrected chi connectivity index (χ3v) is 3.85. The van der Waals surface area contributed by atoms with E-state index in [4.69, 9.17) is 0 Å². The second-order valence-electron chi connectivity index (χ2n) is 4.25. The number of ketones is 1. The molecule has 1 N–H and O–H groups in total. The Morgan fingerprint density at radius 3 is 2.12 bits per heavy atom. The van der Waals surface area contributed by atoms with Crippen molar-refractivity contribution in [1.29, 1.82) is 0 Å². The van der Waals surface area contributed by atoms with Gasteiger partial charge in [-0.2, -0.15) is 0 Å². The van der Waals surface area contributed by atoms with Crippen LogP contribution in [0.15, 0.2) is 29.2 Å². The molecule has 0 aliphatic heterocycles. The highest BCUT2D eigenvalue weighted by atomic mass is 32.2. The molecule has 4 nitrogen and oxygen atoms in total. The van der Waals surface area contributed by atoms with Crippen LogP contribution in [0.2, 0.25) is 0 Å². The monoisotopic (exact) mass is 256 g/mol. The van der Waals surface area contributed by atoms with Crippen molar-refractivity contribution in [2.24, 2.45) is 0 Å². The van der Waals surface area contributed by atoms with Gasteiger partial charge in [0.1, 0.15) is 5.60 Å². The van der Waals surface area contributed by atoms with Crippen molar-refractivity contribution < 1.29 is 18.3 Å². The van der Waals surface area contributed by atoms with Crippen LogP contribution in [0, 0.1) is 0 Å². The van der Waals surface area contributed by atoms with Crippen LogP contribution in [0.4, 0.5) is 0 Å². The minimum absolute atomic E-state index is 0.158. The summed E-state index contributed by atoms with van der Waals surface area (Å²) in [5, 5.41) is 9.81. The molecule has 0 bridgehead atoms. The number of sulfone groups is 1. The van der Waals surface area contributed by atoms with Crippen molar-refractivity contribution in [3.05, 3.63) is 29.8 Å². The zero-order valence-electron chi connectivity index (χ0n) is 10.1. The number of carbonyl (C=O) groups is 1. The maximum absolute atomic E-state index is 11.9. The lowest BCUT2D eigenvalue weighted by molar-refractivity contribution is 0.0390. The minimum atomic E-state index is -3.26. The lowest BCUT2D eigenvalue weighted by Crippen LogP contribution is -2.34. The zero-order valence-corrected chi connectivity index (χ0v) is 10.9. The van der Waals surface area contributed by atoms with Crippen LogP contribution in [0.25, 0.3) is 0 Å². The molecule has 0 aliphatic carbocycles. The van der Waals surface area contributed by atoms with E-state index < -0.39 is 21.2 Å². The average Bonchev–Trinajstić information content (AvgIpc) is 2.27. The molecule has 0 aliphatic rings. The molecule has 0 aromatic heterocycles. The van der Waals surface area contributed by atoms with Gasteiger partial charge in [-0.05, 0) is 25.5 Å². The van der Waals surface area contributed by atoms with Crippen molar-refractivity contribution in [3.8, 4) is 0 Å². The van der Waals surface area contributed by atoms with E-state index in [1.807, 2.05) is 0 Å². The van der Waals surface area contributed by atoms with E-state index >= 15 is 0 Å². The highest BCUT2D eigenvalue weighted by Crippen LogP contribution is 2.18. The molecule has 5 heteroatoms. The maximum atomic E-state index is 11.9. The second kappa shape index (κ2) is 4.58. The summed E-state index contributed by atoms with van der Waals surface area (Å²) in [6.07, 6.45) is 1.41. The number of hydrogen-bond donors (Lipinski definition) is 1. The third-order valence-electron chi connectivity index (χ3n) is 2.72. The van der Waals surface area contributed by atoms with Gasteiger partial charge in [-0.25, -0.2) is 8.42 Å². The number of Topliss-reactive ketones (excluding diaryl/α,β-unsaturated/α-hetero) is 1. The van der Waals surface area contributed by atoms with Gasteiger partial charge in [0, 0.05) is 11.8 Å². The first kappa shape index (κ1) is 13.9. The normalized spacial score (nSPS) is 15.3. The molecule has 0 spiro atoms. The Bertz CT molecular complexity index is 512. The summed E-state index contributed by atoms with van der Waals surface area (Å²) in [5.74, 6) is -0.403. The van der Waals surface area contributed by atoms with E-state index in [1.54, 1.807) is 6.92 Å². The Morgan fingerprint density at radius 1 is 1.29 bits per heavy atom. The number of benzene rings is 1. The first-order valence-corrected chi connectivity index (χ1v) is 7.15. The molecule has 0 fully saturated rings. The number of hydrogen-bond acceptors (Lipinski definition) is 4. The third kappa shape index (κ3) is 3.14. The van der Waals surface area contributed by atoms with Gasteiger partial charge in [0.25, 0.3) is 0 Å². The van der Waals surface area contributed by atoms with Gasteiger partial charge in [-0.15, -0.1) is 0 Å². The predicted octanol–water partition coefficient (Wildman–Crippen LogP) is 1.43. The molecule has 0 unspecified atom stereocenters. The number of carbonyl (C=O) groups excluding carboxylic acids is 1. The van der Waals surface area contributed by atoms with Crippen LogP contribution in [0.1, 0.15) is 30.6 Å². The van der Waals surface area contributed by atoms with Crippen LogP contribution >= 0.6 is 0 Å². The van der Waals surface area contributed by atoms with Gasteiger partial charge in [0.2, 0.25) is 0 Å². The molecular weight excluding hydrogens is 240 g/mol. The summed E-state index contributed by atoms with van der Waals surface area (Å²) in [4.78, 5) is 12.0. The lowest BCUT2D eigenvalue weighted by atomic mass is 9.92. The highest BCUT2D eigenvalue weighted by molar-refractivity contribution is 7.90. The minimum Gasteiger partial charge on any atom is -0.382 e. The zero-order chi connectivity index (χ0) is 13.3. The molecule has 0 radical (unpaired) electrons. The van der Waals surface area contributed by atoms with E-state index in [0.29, 0.717) is 12.0 Å². The highest BCUT2D eigenvalue weighted by Gasteiger charge is 2.28. The van der Waals surface area contributed by atoms with Gasteiger partial charge in [-0.1, -0.05) is 19.1 Å². The molecule has 0 amide bonds. The Labute approximate surface area is 101 Å². The summed E-state index contributed by atoms with van der Waals surface area (Å²) in [6.45, 7) is 3.16. The molecule has 1 aromatic carbocycles. The Morgan fingerprint density at radius 2 is 1.76 bits per heavy atom. The molecular formula is C12H16O4S. The standard InChI is InChI=1S/C12H16O4S/c1-4-12(2,14)11(13)9-5-7-10(8-6-9)17(3,15)16/h5-8,14H,4H2,1-3H3/t12-/m1/s1. The Kier molecular flexibility index (Phi) is 3.74. The van der Waals surface area contributed by atoms with Gasteiger partial charge in [0.05, 0.1) is 4.90 Å². The van der Waals surface area contributed by atoms with E-state index in [9.17, 15) is 18.3 Å². The van der Waals surface area contributed by atoms with Crippen molar-refractivity contribution in [3.63, 3.8) is 0 Å². The fourth-order valence-electron chi connectivity index (χ4n) is 1.33. The first-order valence-electron chi connectivity index (χ1n) is 5.26. The fourth-order valence-corrected chi connectivity index (χ4v) is 1.96. The summed E-state index contributed by atoms with van der Waals surface area (Å²) < 4.78 is 22.5. The second-order valence-corrected chi connectivity index (χ2v) is 6.27. The van der Waals surface area contributed by atoms with Gasteiger partial charge < -0.3 is 5.11 Å². The Hall–Kier alpha value is -1.20. The number of aliphatic hydroxyl groups is 1. The maximum Gasteiger partial charge on any atom is 0.194 e. The average molecular weight is 256 g/mol. The van der Waals surface area contributed by atoms with Crippen LogP contribution in [-0.4, -0.2) is 31.2 Å². The molecule has 1 atom stereocenters. The lowest BCUT2D eigenvalue weighted by Gasteiger charge is -2.19. The summed E-state index contributed by atoms with van der Waals surface area (Å²) in [7, 11) is -3.26. The molecule has 1 rings (SSSR count). The topological polar surface area (TPSA) is 71.4 Å². The molecule has 17 heavy (non-hydrogen) atoms. The smallest absolute Gasteiger partial charge is 0.194 e. The summed E-state index contributed by atoms with van der Waals surface area (Å²) in [5.41, 5.74) is -1.10. The van der Waals surface area contributed by atoms with E-state index in [-0.39, 0.29) is 4.90 Å². The fraction of sp³-hybridized carbons (Fsp3) is 0.417. The van der Waals surface area contributed by atoms with Gasteiger partial charge >= 0.3 is 0 Å². The number of rotatable bonds is 4. The van der Waals surface area contributed by atoms with Crippen molar-refractivity contribution >= 4 is 15.6 Å². The summed E-state index contributed by atoms with van der Waals surface area (Å²) >= 11 is 0. The van der Waals surface area contributed by atoms with Gasteiger partial charge in [0.15, 0.2) is 15.6 Å². The van der Waals surface area contributed by atoms with E-state index in [0.717, 1.165) is 6.26 Å². The molecule has 94 valence electrons. The van der Waals surface area contributed by atoms with Crippen LogP contribution in [0.3, 0.4) is 0 Å². The van der Waals surface area contributed by atoms with Crippen molar-refractivity contribution in [1.82, 2.24) is 0 Å². The quantitative estimate of drug-likeness (QED) is 0.827. The molecule has 1 aromatic rings. The van der Waals surface area contributed by atoms with E-state index in [1.165, 1.54) is 31.2 Å². The summed E-state index contributed by atoms with van der Waals surface area (Å²) in [6, 6.07) is 5.58. The predicted molar refractivity (Wildman–Crippen MR) is 64.8 cm³/mol. The van der Waals surface area contributed by atoms with Crippen molar-refractivity contribution in [2.75, 3.05) is 6.26 Å². The molecule has 0 heterocycles. The first-order chi connectivity index (χ1) is 7.68. The van der Waals surface area contributed by atoms with Crippen LogP contribution in [-0.2, 0) is 9.84 Å².